The molecule has 1 aromatic carbocycles. The van der Waals surface area contributed by atoms with Crippen molar-refractivity contribution in [2.75, 3.05) is 17.7 Å². The zero-order chi connectivity index (χ0) is 17.3. The first-order chi connectivity index (χ1) is 11.5. The highest BCUT2D eigenvalue weighted by atomic mass is 16.6. The Labute approximate surface area is 138 Å². The van der Waals surface area contributed by atoms with Crippen LogP contribution in [0.4, 0.5) is 17.5 Å². The fourth-order valence-corrected chi connectivity index (χ4v) is 2.62. The Morgan fingerprint density at radius 2 is 2.12 bits per heavy atom. The zero-order valence-corrected chi connectivity index (χ0v) is 13.4. The minimum Gasteiger partial charge on any atom is -0.461 e. The maximum atomic E-state index is 10.8. The number of aromatic nitrogens is 2. The number of aryl methyl sites for hydroxylation is 1. The van der Waals surface area contributed by atoms with Crippen molar-refractivity contribution in [2.45, 2.75) is 19.9 Å². The van der Waals surface area contributed by atoms with Gasteiger partial charge in [-0.15, -0.1) is 0 Å². The molecule has 2 heterocycles. The van der Waals surface area contributed by atoms with E-state index in [4.69, 9.17) is 10.2 Å². The lowest BCUT2D eigenvalue weighted by molar-refractivity contribution is -0.384. The van der Waals surface area contributed by atoms with E-state index in [-0.39, 0.29) is 11.5 Å². The molecule has 8 heteroatoms. The van der Waals surface area contributed by atoms with Gasteiger partial charge >= 0.3 is 5.69 Å². The smallest absolute Gasteiger partial charge is 0.329 e. The number of nitro groups is 1. The number of rotatable bonds is 5. The standard InChI is InChI=1S/C16H17N5O3/c1-3-13-11(10-6-4-5-7-14(10)24-13)9-20(2)16-18-8-12(21(22)23)15(17)19-16/h4-8H,3,9H2,1-2H3,(H2,17,18,19). The molecule has 124 valence electrons. The van der Waals surface area contributed by atoms with Gasteiger partial charge in [0, 0.05) is 31.0 Å². The number of furan rings is 1. The van der Waals surface area contributed by atoms with Crippen LogP contribution in [-0.2, 0) is 13.0 Å². The first-order valence-corrected chi connectivity index (χ1v) is 7.48. The van der Waals surface area contributed by atoms with Gasteiger partial charge in [-0.2, -0.15) is 4.98 Å². The Morgan fingerprint density at radius 3 is 2.79 bits per heavy atom. The summed E-state index contributed by atoms with van der Waals surface area (Å²) in [5.74, 6) is 1.08. The predicted octanol–water partition coefficient (Wildman–Crippen LogP) is 2.91. The summed E-state index contributed by atoms with van der Waals surface area (Å²) in [6.45, 7) is 2.54. The first-order valence-electron chi connectivity index (χ1n) is 7.48. The molecule has 24 heavy (non-hydrogen) atoms. The second-order valence-corrected chi connectivity index (χ2v) is 5.41. The third kappa shape index (κ3) is 2.73. The summed E-state index contributed by atoms with van der Waals surface area (Å²) in [6.07, 6.45) is 1.89. The van der Waals surface area contributed by atoms with E-state index < -0.39 is 4.92 Å². The van der Waals surface area contributed by atoms with Gasteiger partial charge in [-0.05, 0) is 6.07 Å². The highest BCUT2D eigenvalue weighted by Crippen LogP contribution is 2.28. The van der Waals surface area contributed by atoms with Gasteiger partial charge < -0.3 is 15.1 Å². The molecule has 0 bridgehead atoms. The third-order valence-corrected chi connectivity index (χ3v) is 3.82. The number of nitrogens with two attached hydrogens (primary N) is 1. The lowest BCUT2D eigenvalue weighted by Crippen LogP contribution is -2.20. The van der Waals surface area contributed by atoms with Crippen molar-refractivity contribution in [1.82, 2.24) is 9.97 Å². The molecule has 0 unspecified atom stereocenters. The van der Waals surface area contributed by atoms with Crippen LogP contribution in [0.15, 0.2) is 34.9 Å². The molecule has 0 fully saturated rings. The Morgan fingerprint density at radius 1 is 1.38 bits per heavy atom. The summed E-state index contributed by atoms with van der Waals surface area (Å²) in [4.78, 5) is 20.1. The van der Waals surface area contributed by atoms with Gasteiger partial charge in [0.05, 0.1) is 4.92 Å². The lowest BCUT2D eigenvalue weighted by Gasteiger charge is -2.17. The van der Waals surface area contributed by atoms with Crippen LogP contribution in [0.3, 0.4) is 0 Å². The number of nitrogen functional groups attached to an aromatic ring is 1. The summed E-state index contributed by atoms with van der Waals surface area (Å²) in [7, 11) is 1.81. The van der Waals surface area contributed by atoms with Gasteiger partial charge in [0.2, 0.25) is 11.8 Å². The molecule has 0 atom stereocenters. The van der Waals surface area contributed by atoms with E-state index in [2.05, 4.69) is 9.97 Å². The van der Waals surface area contributed by atoms with Crippen LogP contribution in [0.25, 0.3) is 11.0 Å². The van der Waals surface area contributed by atoms with E-state index in [0.29, 0.717) is 12.5 Å². The van der Waals surface area contributed by atoms with Crippen molar-refractivity contribution >= 4 is 28.4 Å². The number of anilines is 2. The minimum absolute atomic E-state index is 0.149. The molecule has 0 saturated carbocycles. The number of hydrogen-bond donors (Lipinski definition) is 1. The highest BCUT2D eigenvalue weighted by molar-refractivity contribution is 5.82. The van der Waals surface area contributed by atoms with E-state index in [1.54, 1.807) is 4.90 Å². The molecule has 0 aliphatic carbocycles. The van der Waals surface area contributed by atoms with E-state index in [1.165, 1.54) is 0 Å². The molecule has 2 aromatic heterocycles. The first kappa shape index (κ1) is 15.7. The second-order valence-electron chi connectivity index (χ2n) is 5.41. The van der Waals surface area contributed by atoms with Crippen LogP contribution in [0.1, 0.15) is 18.2 Å². The van der Waals surface area contributed by atoms with Crippen LogP contribution in [0.5, 0.6) is 0 Å². The average molecular weight is 327 g/mol. The van der Waals surface area contributed by atoms with Crippen LogP contribution in [-0.4, -0.2) is 21.9 Å². The summed E-state index contributed by atoms with van der Waals surface area (Å²) in [5.41, 5.74) is 7.23. The fourth-order valence-electron chi connectivity index (χ4n) is 2.62. The van der Waals surface area contributed by atoms with Crippen LogP contribution in [0, 0.1) is 10.1 Å². The van der Waals surface area contributed by atoms with Gasteiger partial charge in [-0.1, -0.05) is 25.1 Å². The quantitative estimate of drug-likeness (QED) is 0.566. The Kier molecular flexibility index (Phi) is 4.03. The summed E-state index contributed by atoms with van der Waals surface area (Å²) in [5, 5.41) is 11.8. The zero-order valence-electron chi connectivity index (χ0n) is 13.4. The van der Waals surface area contributed by atoms with Crippen LogP contribution >= 0.6 is 0 Å². The summed E-state index contributed by atoms with van der Waals surface area (Å²) >= 11 is 0. The fraction of sp³-hybridized carbons (Fsp3) is 0.250. The number of benzene rings is 1. The van der Waals surface area contributed by atoms with Crippen molar-refractivity contribution in [1.29, 1.82) is 0 Å². The molecule has 0 radical (unpaired) electrons. The second kappa shape index (κ2) is 6.15. The van der Waals surface area contributed by atoms with Gasteiger partial charge in [-0.3, -0.25) is 10.1 Å². The molecular formula is C16H17N5O3. The number of para-hydroxylation sites is 1. The van der Waals surface area contributed by atoms with Crippen molar-refractivity contribution in [3.63, 3.8) is 0 Å². The van der Waals surface area contributed by atoms with E-state index in [1.807, 2.05) is 38.2 Å². The normalized spacial score (nSPS) is 10.9. The number of hydrogen-bond acceptors (Lipinski definition) is 7. The molecule has 8 nitrogen and oxygen atoms in total. The van der Waals surface area contributed by atoms with Gasteiger partial charge in [0.25, 0.3) is 0 Å². The van der Waals surface area contributed by atoms with Crippen LogP contribution < -0.4 is 10.6 Å². The highest BCUT2D eigenvalue weighted by Gasteiger charge is 2.19. The van der Waals surface area contributed by atoms with Crippen LogP contribution in [0.2, 0.25) is 0 Å². The van der Waals surface area contributed by atoms with Crippen molar-refractivity contribution in [3.8, 4) is 0 Å². The molecule has 0 spiro atoms. The van der Waals surface area contributed by atoms with Crippen molar-refractivity contribution in [3.05, 3.63) is 51.9 Å². The average Bonchev–Trinajstić information content (AvgIpc) is 2.92. The monoisotopic (exact) mass is 327 g/mol. The van der Waals surface area contributed by atoms with Gasteiger partial charge in [-0.25, -0.2) is 4.98 Å². The molecule has 3 aromatic rings. The summed E-state index contributed by atoms with van der Waals surface area (Å²) < 4.78 is 5.88. The predicted molar refractivity (Wildman–Crippen MR) is 90.8 cm³/mol. The van der Waals surface area contributed by atoms with Crippen molar-refractivity contribution in [2.24, 2.45) is 0 Å². The molecule has 2 N–H and O–H groups in total. The van der Waals surface area contributed by atoms with E-state index in [0.717, 1.165) is 34.9 Å². The number of nitrogens with zero attached hydrogens (tertiary/aromatic N) is 4. The lowest BCUT2D eigenvalue weighted by atomic mass is 10.1. The molecule has 3 rings (SSSR count). The van der Waals surface area contributed by atoms with E-state index in [9.17, 15) is 10.1 Å². The molecule has 0 aliphatic heterocycles. The minimum atomic E-state index is -0.599. The largest absolute Gasteiger partial charge is 0.461 e. The maximum absolute atomic E-state index is 10.8. The number of fused-ring (bicyclic) bond motifs is 1. The Bertz CT molecular complexity index is 906. The molecule has 0 saturated heterocycles. The topological polar surface area (TPSA) is 111 Å². The molecule has 0 aliphatic rings. The molecular weight excluding hydrogens is 310 g/mol. The maximum Gasteiger partial charge on any atom is 0.329 e. The summed E-state index contributed by atoms with van der Waals surface area (Å²) in [6, 6.07) is 7.82. The van der Waals surface area contributed by atoms with Crippen molar-refractivity contribution < 1.29 is 9.34 Å². The van der Waals surface area contributed by atoms with Gasteiger partial charge in [0.15, 0.2) is 0 Å². The SMILES string of the molecule is CCc1oc2ccccc2c1CN(C)c1ncc([N+](=O)[O-])c(N)n1. The Balaban J connectivity index is 1.94. The molecule has 0 amide bonds. The third-order valence-electron chi connectivity index (χ3n) is 3.82. The van der Waals surface area contributed by atoms with E-state index >= 15 is 0 Å². The van der Waals surface area contributed by atoms with Gasteiger partial charge in [0.1, 0.15) is 17.5 Å². The Hall–Kier alpha value is -3.16.